The first kappa shape index (κ1) is 28.2. The number of amides is 1. The van der Waals surface area contributed by atoms with Crippen LogP contribution in [0.1, 0.15) is 28.4 Å². The second kappa shape index (κ2) is 10.7. The predicted molar refractivity (Wildman–Crippen MR) is 132 cm³/mol. The molecular weight excluding hydrogens is 549 g/mol. The summed E-state index contributed by atoms with van der Waals surface area (Å²) in [6.07, 6.45) is -2.17. The third-order valence-electron chi connectivity index (χ3n) is 6.36. The van der Waals surface area contributed by atoms with E-state index in [1.54, 1.807) is 43.5 Å². The van der Waals surface area contributed by atoms with Crippen molar-refractivity contribution in [3.8, 4) is 0 Å². The van der Waals surface area contributed by atoms with E-state index in [4.69, 9.17) is 21.5 Å². The normalized spacial score (nSPS) is 18.9. The Balaban J connectivity index is 0.000000448. The van der Waals surface area contributed by atoms with E-state index in [0.29, 0.717) is 18.9 Å². The topological polar surface area (TPSA) is 107 Å². The van der Waals surface area contributed by atoms with Crippen molar-refractivity contribution in [3.05, 3.63) is 82.1 Å². The van der Waals surface area contributed by atoms with Crippen molar-refractivity contribution >= 4 is 35.1 Å². The van der Waals surface area contributed by atoms with E-state index in [-0.39, 0.29) is 40.1 Å². The van der Waals surface area contributed by atoms with Crippen molar-refractivity contribution in [2.45, 2.75) is 24.6 Å². The molecule has 4 heterocycles. The first-order valence-electron chi connectivity index (χ1n) is 11.5. The highest BCUT2D eigenvalue weighted by Crippen LogP contribution is 2.44. The molecule has 8 nitrogen and oxygen atoms in total. The number of hydrogen-bond donors (Lipinski definition) is 3. The number of carboxylic acid groups (broad SMARTS) is 1. The van der Waals surface area contributed by atoms with Crippen LogP contribution in [0, 0.1) is 11.6 Å². The van der Waals surface area contributed by atoms with Gasteiger partial charge in [-0.2, -0.15) is 13.2 Å². The van der Waals surface area contributed by atoms with Gasteiger partial charge < -0.3 is 15.7 Å². The highest BCUT2D eigenvalue weighted by atomic mass is 35.5. The summed E-state index contributed by atoms with van der Waals surface area (Å²) in [6.45, 7) is 3.06. The largest absolute Gasteiger partial charge is 0.490 e. The summed E-state index contributed by atoms with van der Waals surface area (Å²) >= 11 is 6.08. The molecule has 1 aromatic carbocycles. The number of halogens is 6. The van der Waals surface area contributed by atoms with E-state index < -0.39 is 35.1 Å². The van der Waals surface area contributed by atoms with Crippen LogP contribution in [0.5, 0.6) is 0 Å². The zero-order valence-corrected chi connectivity index (χ0v) is 20.9. The van der Waals surface area contributed by atoms with Crippen LogP contribution in [0.15, 0.2) is 48.8 Å². The van der Waals surface area contributed by atoms with Crippen LogP contribution in [-0.2, 0) is 10.2 Å². The third-order valence-corrected chi connectivity index (χ3v) is 6.65. The number of benzene rings is 1. The average Bonchev–Trinajstić information content (AvgIpc) is 2.86. The van der Waals surface area contributed by atoms with Gasteiger partial charge in [0.1, 0.15) is 11.6 Å². The molecule has 0 spiro atoms. The standard InChI is InChI=1S/C23H20ClF2N5O.C2HF3O2/c1-23(15-5-4-6-16(24)19(15)25)12-31(17-7-2-3-8-28-17)22(32)14-11-29-21(20(26)18(14)23)30-13-9-27-10-13;3-2(4,5)1(6)7/h2-8,11,13,27H,9-10,12H2,1H3,(H,29,30);(H,6,7)/t23-;/m1./s1. The molecule has 14 heteroatoms. The molecule has 39 heavy (non-hydrogen) atoms. The smallest absolute Gasteiger partial charge is 0.475 e. The summed E-state index contributed by atoms with van der Waals surface area (Å²) in [5.74, 6) is -4.07. The van der Waals surface area contributed by atoms with Gasteiger partial charge in [-0.1, -0.05) is 29.8 Å². The molecule has 2 aliphatic rings. The first-order chi connectivity index (χ1) is 18.3. The van der Waals surface area contributed by atoms with Gasteiger partial charge in [0.25, 0.3) is 5.91 Å². The molecule has 0 bridgehead atoms. The second-order valence-corrected chi connectivity index (χ2v) is 9.43. The molecule has 1 fully saturated rings. The molecule has 2 aromatic heterocycles. The zero-order chi connectivity index (χ0) is 28.5. The molecular formula is C25H21ClF5N5O3. The van der Waals surface area contributed by atoms with Crippen LogP contribution >= 0.6 is 11.6 Å². The van der Waals surface area contributed by atoms with Crippen molar-refractivity contribution in [1.82, 2.24) is 15.3 Å². The molecule has 0 aliphatic carbocycles. The number of nitrogens with one attached hydrogen (secondary N) is 2. The number of nitrogens with zero attached hydrogens (tertiary/aromatic N) is 3. The number of anilines is 2. The molecule has 3 N–H and O–H groups in total. The number of carbonyl (C=O) groups excluding carboxylic acids is 1. The lowest BCUT2D eigenvalue weighted by atomic mass is 9.71. The van der Waals surface area contributed by atoms with Gasteiger partial charge in [-0.3, -0.25) is 9.69 Å². The molecule has 3 aromatic rings. The van der Waals surface area contributed by atoms with Gasteiger partial charge in [0.05, 0.1) is 16.6 Å². The number of aliphatic carboxylic acids is 1. The van der Waals surface area contributed by atoms with Crippen LogP contribution in [0.4, 0.5) is 33.6 Å². The molecule has 0 unspecified atom stereocenters. The van der Waals surface area contributed by atoms with Crippen molar-refractivity contribution < 1.29 is 36.6 Å². The van der Waals surface area contributed by atoms with Crippen LogP contribution in [0.25, 0.3) is 0 Å². The summed E-state index contributed by atoms with van der Waals surface area (Å²) in [4.78, 5) is 32.2. The number of pyridine rings is 2. The molecule has 1 atom stereocenters. The maximum Gasteiger partial charge on any atom is 0.490 e. The predicted octanol–water partition coefficient (Wildman–Crippen LogP) is 4.39. The van der Waals surface area contributed by atoms with Crippen molar-refractivity contribution in [2.75, 3.05) is 29.9 Å². The van der Waals surface area contributed by atoms with Gasteiger partial charge in [-0.05, 0) is 25.1 Å². The quantitative estimate of drug-likeness (QED) is 0.400. The summed E-state index contributed by atoms with van der Waals surface area (Å²) in [5, 5.41) is 13.2. The molecule has 2 aliphatic heterocycles. The minimum atomic E-state index is -5.08. The first-order valence-corrected chi connectivity index (χ1v) is 11.9. The van der Waals surface area contributed by atoms with Gasteiger partial charge in [0.15, 0.2) is 11.6 Å². The van der Waals surface area contributed by atoms with Crippen molar-refractivity contribution in [3.63, 3.8) is 0 Å². The highest BCUT2D eigenvalue weighted by Gasteiger charge is 2.46. The van der Waals surface area contributed by atoms with Gasteiger partial charge in [0.2, 0.25) is 0 Å². The average molecular weight is 570 g/mol. The molecule has 1 saturated heterocycles. The van der Waals surface area contributed by atoms with Gasteiger partial charge in [-0.15, -0.1) is 0 Å². The van der Waals surface area contributed by atoms with Crippen molar-refractivity contribution in [2.24, 2.45) is 0 Å². The van der Waals surface area contributed by atoms with E-state index in [2.05, 4.69) is 20.6 Å². The fraction of sp³-hybridized carbons (Fsp3) is 0.280. The Bertz CT molecular complexity index is 1400. The number of fused-ring (bicyclic) bond motifs is 1. The maximum atomic E-state index is 15.9. The summed E-state index contributed by atoms with van der Waals surface area (Å²) in [7, 11) is 0. The van der Waals surface area contributed by atoms with Crippen LogP contribution in [0.3, 0.4) is 0 Å². The highest BCUT2D eigenvalue weighted by molar-refractivity contribution is 6.30. The van der Waals surface area contributed by atoms with Crippen LogP contribution < -0.4 is 15.5 Å². The number of carbonyl (C=O) groups is 2. The van der Waals surface area contributed by atoms with Gasteiger partial charge >= 0.3 is 12.1 Å². The Hall–Kier alpha value is -3.84. The van der Waals surface area contributed by atoms with Gasteiger partial charge in [0, 0.05) is 48.6 Å². The molecule has 5 rings (SSSR count). The van der Waals surface area contributed by atoms with Gasteiger partial charge in [-0.25, -0.2) is 23.5 Å². The summed E-state index contributed by atoms with van der Waals surface area (Å²) < 4.78 is 62.9. The lowest BCUT2D eigenvalue weighted by molar-refractivity contribution is -0.192. The SMILES string of the molecule is C[C@]1(c2cccc(Cl)c2F)CN(c2ccccn2)C(=O)c2cnc(NC3CNC3)c(F)c21.O=C(O)C(F)(F)F. The number of carboxylic acids is 1. The Morgan fingerprint density at radius 1 is 1.15 bits per heavy atom. The fourth-order valence-electron chi connectivity index (χ4n) is 4.33. The monoisotopic (exact) mass is 569 g/mol. The van der Waals surface area contributed by atoms with E-state index in [1.807, 2.05) is 0 Å². The van der Waals surface area contributed by atoms with E-state index >= 15 is 8.78 Å². The van der Waals surface area contributed by atoms with Crippen LogP contribution in [0.2, 0.25) is 5.02 Å². The fourth-order valence-corrected chi connectivity index (χ4v) is 4.51. The van der Waals surface area contributed by atoms with E-state index in [0.717, 1.165) is 0 Å². The minimum absolute atomic E-state index is 0.0154. The molecule has 1 amide bonds. The molecule has 206 valence electrons. The lowest BCUT2D eigenvalue weighted by Gasteiger charge is -2.42. The Labute approximate surface area is 223 Å². The number of hydrogen-bond acceptors (Lipinski definition) is 6. The second-order valence-electron chi connectivity index (χ2n) is 9.02. The number of aromatic nitrogens is 2. The minimum Gasteiger partial charge on any atom is -0.475 e. The lowest BCUT2D eigenvalue weighted by Crippen LogP contribution is -2.52. The molecule has 0 saturated carbocycles. The number of alkyl halides is 3. The maximum absolute atomic E-state index is 15.9. The Morgan fingerprint density at radius 2 is 1.85 bits per heavy atom. The van der Waals surface area contributed by atoms with Crippen LogP contribution in [-0.4, -0.2) is 58.8 Å². The Morgan fingerprint density at radius 3 is 2.41 bits per heavy atom. The Kier molecular flexibility index (Phi) is 7.75. The summed E-state index contributed by atoms with van der Waals surface area (Å²) in [5.41, 5.74) is -0.878. The number of rotatable bonds is 4. The zero-order valence-electron chi connectivity index (χ0n) is 20.2. The van der Waals surface area contributed by atoms with Crippen molar-refractivity contribution in [1.29, 1.82) is 0 Å². The summed E-state index contributed by atoms with van der Waals surface area (Å²) in [6, 6.07) is 9.83. The molecule has 0 radical (unpaired) electrons. The van der Waals surface area contributed by atoms with E-state index in [1.165, 1.54) is 17.2 Å². The van der Waals surface area contributed by atoms with E-state index in [9.17, 15) is 18.0 Å². The third kappa shape index (κ3) is 5.50.